The van der Waals surface area contributed by atoms with E-state index >= 15 is 0 Å². The van der Waals surface area contributed by atoms with Crippen molar-refractivity contribution in [3.63, 3.8) is 0 Å². The van der Waals surface area contributed by atoms with E-state index in [1.54, 1.807) is 0 Å². The molecule has 4 rings (SSSR count). The number of anilines is 1. The van der Waals surface area contributed by atoms with Crippen molar-refractivity contribution in [3.8, 4) is 0 Å². The Bertz CT molecular complexity index is 921. The highest BCUT2D eigenvalue weighted by molar-refractivity contribution is 5.85. The molecule has 1 aromatic rings. The van der Waals surface area contributed by atoms with Crippen LogP contribution in [0.2, 0.25) is 0 Å². The second-order valence-corrected chi connectivity index (χ2v) is 9.59. The Kier molecular flexibility index (Phi) is 9.23. The van der Waals surface area contributed by atoms with E-state index in [4.69, 9.17) is 4.74 Å². The van der Waals surface area contributed by atoms with Crippen molar-refractivity contribution >= 4 is 24.0 Å². The molecule has 35 heavy (non-hydrogen) atoms. The maximum absolute atomic E-state index is 12.3. The molecule has 1 saturated carbocycles. The number of rotatable bonds is 8. The third-order valence-corrected chi connectivity index (χ3v) is 7.29. The number of hydrazone groups is 1. The lowest BCUT2D eigenvalue weighted by molar-refractivity contribution is 0.0548. The van der Waals surface area contributed by atoms with Gasteiger partial charge in [-0.2, -0.15) is 5.10 Å². The van der Waals surface area contributed by atoms with E-state index in [1.165, 1.54) is 47.4 Å². The van der Waals surface area contributed by atoms with Gasteiger partial charge in [0.1, 0.15) is 0 Å². The Morgan fingerprint density at radius 3 is 2.49 bits per heavy atom. The molecule has 0 unspecified atom stereocenters. The van der Waals surface area contributed by atoms with Gasteiger partial charge in [-0.15, -0.1) is 0 Å². The average molecular weight is 480 g/mol. The highest BCUT2D eigenvalue weighted by Gasteiger charge is 2.25. The highest BCUT2D eigenvalue weighted by Crippen LogP contribution is 2.35. The number of morpholine rings is 1. The molecule has 1 aromatic carbocycles. The monoisotopic (exact) mass is 479 g/mol. The number of nitrogens with zero attached hydrogens (tertiary/aromatic N) is 3. The fraction of sp³-hybridized carbons (Fsp3) is 0.571. The molecule has 3 aliphatic rings. The molecule has 7 nitrogen and oxygen atoms in total. The zero-order valence-corrected chi connectivity index (χ0v) is 21.4. The van der Waals surface area contributed by atoms with Crippen LogP contribution in [0, 0.1) is 0 Å². The lowest BCUT2D eigenvalue weighted by Gasteiger charge is -2.31. The summed E-state index contributed by atoms with van der Waals surface area (Å²) >= 11 is 0. The highest BCUT2D eigenvalue weighted by atomic mass is 16.5. The number of urea groups is 1. The van der Waals surface area contributed by atoms with Gasteiger partial charge in [0.25, 0.3) is 0 Å². The van der Waals surface area contributed by atoms with Crippen molar-refractivity contribution in [3.05, 3.63) is 46.7 Å². The molecule has 0 atom stereocenters. The molecular formula is C28H41N5O2. The molecule has 1 aliphatic heterocycles. The summed E-state index contributed by atoms with van der Waals surface area (Å²) in [5.74, 6) is 0. The van der Waals surface area contributed by atoms with Gasteiger partial charge in [0.05, 0.1) is 19.4 Å². The van der Waals surface area contributed by atoms with Crippen LogP contribution in [0.1, 0.15) is 64.4 Å². The molecule has 2 fully saturated rings. The van der Waals surface area contributed by atoms with Gasteiger partial charge in [-0.3, -0.25) is 0 Å². The average Bonchev–Trinajstić information content (AvgIpc) is 3.29. The van der Waals surface area contributed by atoms with Gasteiger partial charge >= 0.3 is 6.03 Å². The molecule has 7 heteroatoms. The minimum absolute atomic E-state index is 0.205. The number of hydrogen-bond donors (Lipinski definition) is 2. The number of carbonyl (C=O) groups is 1. The lowest BCUT2D eigenvalue weighted by atomic mass is 9.96. The van der Waals surface area contributed by atoms with Gasteiger partial charge < -0.3 is 19.9 Å². The minimum atomic E-state index is -0.205. The molecule has 1 saturated heterocycles. The van der Waals surface area contributed by atoms with Gasteiger partial charge in [-0.25, -0.2) is 10.2 Å². The van der Waals surface area contributed by atoms with E-state index in [9.17, 15) is 4.79 Å². The van der Waals surface area contributed by atoms with Crippen LogP contribution in [0.4, 0.5) is 10.5 Å². The maximum atomic E-state index is 12.3. The van der Waals surface area contributed by atoms with Gasteiger partial charge in [0.15, 0.2) is 0 Å². The second-order valence-electron chi connectivity index (χ2n) is 9.59. The van der Waals surface area contributed by atoms with Crippen molar-refractivity contribution in [1.29, 1.82) is 0 Å². The SMILES string of the molecule is CCN(CC)c1ccc(C=C2CCC(C=NNC(=O)NC3CCCCC3)=C2N2CCOCC2)cc1. The van der Waals surface area contributed by atoms with E-state index in [0.717, 1.165) is 65.1 Å². The Morgan fingerprint density at radius 2 is 1.80 bits per heavy atom. The molecule has 0 radical (unpaired) electrons. The van der Waals surface area contributed by atoms with E-state index in [0.29, 0.717) is 0 Å². The number of benzene rings is 1. The first-order valence-corrected chi connectivity index (χ1v) is 13.4. The fourth-order valence-electron chi connectivity index (χ4n) is 5.38. The zero-order valence-electron chi connectivity index (χ0n) is 21.4. The second kappa shape index (κ2) is 12.8. The lowest BCUT2D eigenvalue weighted by Crippen LogP contribution is -2.41. The van der Waals surface area contributed by atoms with E-state index in [1.807, 2.05) is 6.21 Å². The van der Waals surface area contributed by atoms with E-state index < -0.39 is 0 Å². The van der Waals surface area contributed by atoms with Crippen LogP contribution in [0.25, 0.3) is 6.08 Å². The molecule has 1 heterocycles. The first-order valence-electron chi connectivity index (χ1n) is 13.4. The number of hydrogen-bond acceptors (Lipinski definition) is 5. The van der Waals surface area contributed by atoms with Crippen LogP contribution >= 0.6 is 0 Å². The minimum Gasteiger partial charge on any atom is -0.378 e. The Hall–Kier alpha value is -2.80. The molecule has 2 amide bonds. The first-order chi connectivity index (χ1) is 17.2. The number of nitrogens with one attached hydrogen (secondary N) is 2. The smallest absolute Gasteiger partial charge is 0.335 e. The van der Waals surface area contributed by atoms with Crippen LogP contribution in [0.15, 0.2) is 46.2 Å². The summed E-state index contributed by atoms with van der Waals surface area (Å²) in [6.45, 7) is 9.63. The van der Waals surface area contributed by atoms with Crippen molar-refractivity contribution < 1.29 is 9.53 Å². The van der Waals surface area contributed by atoms with Crippen molar-refractivity contribution in [1.82, 2.24) is 15.6 Å². The summed E-state index contributed by atoms with van der Waals surface area (Å²) in [7, 11) is 0. The van der Waals surface area contributed by atoms with Crippen LogP contribution in [0.5, 0.6) is 0 Å². The predicted octanol–water partition coefficient (Wildman–Crippen LogP) is 4.91. The van der Waals surface area contributed by atoms with Gasteiger partial charge in [-0.1, -0.05) is 31.4 Å². The summed E-state index contributed by atoms with van der Waals surface area (Å²) < 4.78 is 5.60. The molecule has 0 aromatic heterocycles. The topological polar surface area (TPSA) is 69.2 Å². The summed E-state index contributed by atoms with van der Waals surface area (Å²) in [4.78, 5) is 17.1. The zero-order chi connectivity index (χ0) is 24.5. The van der Waals surface area contributed by atoms with Crippen molar-refractivity contribution in [2.24, 2.45) is 5.10 Å². The summed E-state index contributed by atoms with van der Waals surface area (Å²) in [5.41, 5.74) is 8.92. The summed E-state index contributed by atoms with van der Waals surface area (Å²) in [6, 6.07) is 8.91. The number of ether oxygens (including phenoxy) is 1. The number of carbonyl (C=O) groups excluding carboxylic acids is 1. The predicted molar refractivity (Wildman–Crippen MR) is 144 cm³/mol. The first kappa shape index (κ1) is 25.3. The van der Waals surface area contributed by atoms with Crippen LogP contribution in [0.3, 0.4) is 0 Å². The van der Waals surface area contributed by atoms with E-state index in [-0.39, 0.29) is 12.1 Å². The van der Waals surface area contributed by atoms with Gasteiger partial charge in [0.2, 0.25) is 0 Å². The molecule has 2 aliphatic carbocycles. The molecule has 190 valence electrons. The van der Waals surface area contributed by atoms with Crippen molar-refractivity contribution in [2.45, 2.75) is 64.8 Å². The molecule has 2 N–H and O–H groups in total. The number of amides is 2. The molecular weight excluding hydrogens is 438 g/mol. The number of allylic oxidation sites excluding steroid dienone is 2. The Labute approximate surface area is 210 Å². The van der Waals surface area contributed by atoms with Crippen molar-refractivity contribution in [2.75, 3.05) is 44.3 Å². The molecule has 0 bridgehead atoms. The van der Waals surface area contributed by atoms with Gasteiger partial charge in [0, 0.05) is 43.6 Å². The maximum Gasteiger partial charge on any atom is 0.335 e. The Balaban J connectivity index is 1.48. The quantitative estimate of drug-likeness (QED) is 0.410. The molecule has 0 spiro atoms. The van der Waals surface area contributed by atoms with Crippen LogP contribution in [-0.4, -0.2) is 62.6 Å². The fourth-order valence-corrected chi connectivity index (χ4v) is 5.38. The van der Waals surface area contributed by atoms with E-state index in [2.05, 4.69) is 69.8 Å². The normalized spacial score (nSPS) is 20.6. The third kappa shape index (κ3) is 6.88. The van der Waals surface area contributed by atoms with Gasteiger partial charge in [-0.05, 0) is 74.4 Å². The summed E-state index contributed by atoms with van der Waals surface area (Å²) in [5, 5.41) is 7.38. The standard InChI is InChI=1S/C28H41N5O2/c1-3-32(4-2)26-14-10-22(11-15-26)20-23-12-13-24(27(23)33-16-18-35-19-17-33)21-29-31-28(34)30-25-8-6-5-7-9-25/h10-11,14-15,20-21,25H,3-9,12-13,16-19H2,1-2H3,(H2,30,31,34). The summed E-state index contributed by atoms with van der Waals surface area (Å²) in [6.07, 6.45) is 11.8. The largest absolute Gasteiger partial charge is 0.378 e. The van der Waals surface area contributed by atoms with Crippen LogP contribution < -0.4 is 15.6 Å². The van der Waals surface area contributed by atoms with Crippen LogP contribution in [-0.2, 0) is 4.74 Å². The Morgan fingerprint density at radius 1 is 1.09 bits per heavy atom. The third-order valence-electron chi connectivity index (χ3n) is 7.29.